The quantitative estimate of drug-likeness (QED) is 0.723. The van der Waals surface area contributed by atoms with Gasteiger partial charge in [-0.25, -0.2) is 4.98 Å². The summed E-state index contributed by atoms with van der Waals surface area (Å²) < 4.78 is 1.31. The highest BCUT2D eigenvalue weighted by Crippen LogP contribution is 2.26. The van der Waals surface area contributed by atoms with Gasteiger partial charge in [0.15, 0.2) is 5.82 Å². The molecule has 0 bridgehead atoms. The zero-order chi connectivity index (χ0) is 12.4. The Hall–Kier alpha value is -0.600. The highest BCUT2D eigenvalue weighted by molar-refractivity contribution is 14.1. The van der Waals surface area contributed by atoms with Gasteiger partial charge in [0.05, 0.1) is 12.0 Å². The van der Waals surface area contributed by atoms with Gasteiger partial charge in [-0.15, -0.1) is 0 Å². The third-order valence-corrected chi connectivity index (χ3v) is 3.84. The molecular weight excluding hydrogens is 420 g/mol. The highest BCUT2D eigenvalue weighted by Gasteiger charge is 2.07. The first-order chi connectivity index (χ1) is 8.08. The first kappa shape index (κ1) is 12.8. The molecule has 88 valence electrons. The van der Waals surface area contributed by atoms with E-state index in [1.165, 1.54) is 6.33 Å². The number of nitrogens with one attached hydrogen (secondary N) is 2. The van der Waals surface area contributed by atoms with Crippen molar-refractivity contribution < 1.29 is 0 Å². The molecule has 0 spiro atoms. The van der Waals surface area contributed by atoms with Gasteiger partial charge >= 0.3 is 0 Å². The third-order valence-electron chi connectivity index (χ3n) is 1.98. The number of nitrogens with zero attached hydrogens (tertiary/aromatic N) is 1. The fourth-order valence-electron chi connectivity index (χ4n) is 1.19. The van der Waals surface area contributed by atoms with Gasteiger partial charge in [-0.3, -0.25) is 4.79 Å². The van der Waals surface area contributed by atoms with Gasteiger partial charge in [0, 0.05) is 8.59 Å². The molecule has 0 saturated carbocycles. The lowest BCUT2D eigenvalue weighted by atomic mass is 10.3. The number of hydrogen-bond donors (Lipinski definition) is 2. The lowest BCUT2D eigenvalue weighted by molar-refractivity contribution is 1.10. The summed E-state index contributed by atoms with van der Waals surface area (Å²) >= 11 is 11.2. The maximum atomic E-state index is 11.4. The minimum atomic E-state index is -0.230. The molecule has 2 N–H and O–H groups in total. The van der Waals surface area contributed by atoms with Crippen LogP contribution in [-0.4, -0.2) is 9.97 Å². The average molecular weight is 426 g/mol. The normalized spacial score (nSPS) is 10.3. The van der Waals surface area contributed by atoms with Crippen molar-refractivity contribution in [2.75, 3.05) is 5.32 Å². The van der Waals surface area contributed by atoms with Gasteiger partial charge in [0.2, 0.25) is 0 Å². The van der Waals surface area contributed by atoms with E-state index in [4.69, 9.17) is 11.6 Å². The Labute approximate surface area is 124 Å². The fraction of sp³-hybridized carbons (Fsp3) is 0. The average Bonchev–Trinajstić information content (AvgIpc) is 2.28. The minimum Gasteiger partial charge on any atom is -0.338 e. The van der Waals surface area contributed by atoms with Crippen molar-refractivity contribution in [3.05, 3.63) is 47.9 Å². The standard InChI is InChI=1S/C10H6BrClIN3O/c11-8-9(14-4-15-10(8)17)16-7-2-1-5(12)3-6(7)13/h1-4H,(H2,14,15,16,17). The number of rotatable bonds is 2. The Balaban J connectivity index is 2.38. The van der Waals surface area contributed by atoms with Gasteiger partial charge in [0.25, 0.3) is 5.56 Å². The number of aromatic amines is 1. The van der Waals surface area contributed by atoms with Crippen molar-refractivity contribution in [1.82, 2.24) is 9.97 Å². The van der Waals surface area contributed by atoms with Crippen LogP contribution in [0.3, 0.4) is 0 Å². The van der Waals surface area contributed by atoms with Crippen molar-refractivity contribution in [3.63, 3.8) is 0 Å². The van der Waals surface area contributed by atoms with Crippen LogP contribution in [0.1, 0.15) is 0 Å². The Kier molecular flexibility index (Phi) is 4.05. The van der Waals surface area contributed by atoms with Crippen LogP contribution in [0.4, 0.5) is 11.5 Å². The summed E-state index contributed by atoms with van der Waals surface area (Å²) in [5.74, 6) is 0.467. The van der Waals surface area contributed by atoms with Gasteiger partial charge in [-0.2, -0.15) is 0 Å². The Morgan fingerprint density at radius 1 is 1.47 bits per heavy atom. The highest BCUT2D eigenvalue weighted by atomic mass is 127. The van der Waals surface area contributed by atoms with E-state index < -0.39 is 0 Å². The molecule has 0 saturated heterocycles. The maximum absolute atomic E-state index is 11.4. The molecule has 17 heavy (non-hydrogen) atoms. The summed E-state index contributed by atoms with van der Waals surface area (Å²) in [4.78, 5) is 17.9. The molecule has 4 nitrogen and oxygen atoms in total. The molecule has 0 fully saturated rings. The van der Waals surface area contributed by atoms with Crippen LogP contribution in [0.25, 0.3) is 0 Å². The Morgan fingerprint density at radius 3 is 2.94 bits per heavy atom. The van der Waals surface area contributed by atoms with E-state index in [0.717, 1.165) is 9.26 Å². The topological polar surface area (TPSA) is 57.8 Å². The molecule has 7 heteroatoms. The van der Waals surface area contributed by atoms with Crippen LogP contribution in [0.15, 0.2) is 33.8 Å². The SMILES string of the molecule is O=c1[nH]cnc(Nc2ccc(Cl)cc2I)c1Br. The second-order valence-electron chi connectivity index (χ2n) is 3.14. The van der Waals surface area contributed by atoms with Gasteiger partial charge in [-0.05, 0) is 56.7 Å². The summed E-state index contributed by atoms with van der Waals surface area (Å²) in [6, 6.07) is 5.43. The second kappa shape index (κ2) is 5.36. The van der Waals surface area contributed by atoms with Crippen molar-refractivity contribution in [2.24, 2.45) is 0 Å². The van der Waals surface area contributed by atoms with Crippen molar-refractivity contribution in [2.45, 2.75) is 0 Å². The molecule has 1 aromatic heterocycles. The molecule has 1 heterocycles. The second-order valence-corrected chi connectivity index (χ2v) is 5.54. The molecule has 0 amide bonds. The first-order valence-electron chi connectivity index (χ1n) is 4.53. The Bertz CT molecular complexity index is 617. The lowest BCUT2D eigenvalue weighted by Gasteiger charge is -2.08. The molecule has 0 atom stereocenters. The first-order valence-corrected chi connectivity index (χ1v) is 6.78. The summed E-state index contributed by atoms with van der Waals surface area (Å²) in [6.45, 7) is 0. The van der Waals surface area contributed by atoms with Crippen molar-refractivity contribution in [1.29, 1.82) is 0 Å². The summed E-state index contributed by atoms with van der Waals surface area (Å²) in [6.07, 6.45) is 1.35. The molecule has 2 rings (SSSR count). The summed E-state index contributed by atoms with van der Waals surface area (Å²) in [5, 5.41) is 3.73. The monoisotopic (exact) mass is 425 g/mol. The molecule has 2 aromatic rings. The number of halogens is 3. The van der Waals surface area contributed by atoms with E-state index in [0.29, 0.717) is 15.3 Å². The number of aromatic nitrogens is 2. The largest absolute Gasteiger partial charge is 0.338 e. The number of anilines is 2. The summed E-state index contributed by atoms with van der Waals surface area (Å²) in [5.41, 5.74) is 0.611. The van der Waals surface area contributed by atoms with E-state index in [1.54, 1.807) is 6.07 Å². The zero-order valence-corrected chi connectivity index (χ0v) is 12.8. The van der Waals surface area contributed by atoms with E-state index in [9.17, 15) is 4.79 Å². The molecule has 0 aliphatic carbocycles. The van der Waals surface area contributed by atoms with Crippen LogP contribution in [0.5, 0.6) is 0 Å². The van der Waals surface area contributed by atoms with E-state index in [1.807, 2.05) is 12.1 Å². The zero-order valence-electron chi connectivity index (χ0n) is 8.30. The van der Waals surface area contributed by atoms with E-state index >= 15 is 0 Å². The van der Waals surface area contributed by atoms with E-state index in [2.05, 4.69) is 53.8 Å². The van der Waals surface area contributed by atoms with Crippen LogP contribution < -0.4 is 10.9 Å². The fourth-order valence-corrected chi connectivity index (χ4v) is 2.51. The Morgan fingerprint density at radius 2 is 2.24 bits per heavy atom. The van der Waals surface area contributed by atoms with Gasteiger partial charge in [0.1, 0.15) is 4.47 Å². The van der Waals surface area contributed by atoms with Crippen molar-refractivity contribution in [3.8, 4) is 0 Å². The molecule has 1 aromatic carbocycles. The van der Waals surface area contributed by atoms with Gasteiger partial charge in [-0.1, -0.05) is 11.6 Å². The smallest absolute Gasteiger partial charge is 0.267 e. The molecule has 0 unspecified atom stereocenters. The van der Waals surface area contributed by atoms with E-state index in [-0.39, 0.29) is 5.56 Å². The van der Waals surface area contributed by atoms with Crippen LogP contribution in [0.2, 0.25) is 5.02 Å². The molecule has 0 radical (unpaired) electrons. The lowest BCUT2D eigenvalue weighted by Crippen LogP contribution is -2.10. The van der Waals surface area contributed by atoms with Crippen LogP contribution in [0, 0.1) is 3.57 Å². The number of benzene rings is 1. The van der Waals surface area contributed by atoms with Crippen LogP contribution >= 0.6 is 50.1 Å². The summed E-state index contributed by atoms with van der Waals surface area (Å²) in [7, 11) is 0. The maximum Gasteiger partial charge on any atom is 0.267 e. The van der Waals surface area contributed by atoms with Gasteiger partial charge < -0.3 is 10.3 Å². The molecular formula is C10H6BrClIN3O. The van der Waals surface area contributed by atoms with Crippen molar-refractivity contribution >= 4 is 61.6 Å². The number of H-pyrrole nitrogens is 1. The van der Waals surface area contributed by atoms with Crippen LogP contribution in [-0.2, 0) is 0 Å². The number of hydrogen-bond acceptors (Lipinski definition) is 3. The minimum absolute atomic E-state index is 0.230. The molecule has 0 aliphatic heterocycles. The predicted octanol–water partition coefficient (Wildman–Crippen LogP) is 3.53. The third kappa shape index (κ3) is 2.99. The predicted molar refractivity (Wildman–Crippen MR) is 80.0 cm³/mol. The molecule has 0 aliphatic rings.